The van der Waals surface area contributed by atoms with E-state index in [9.17, 15) is 5.11 Å². The van der Waals surface area contributed by atoms with Crippen LogP contribution in [0.25, 0.3) is 16.9 Å². The highest BCUT2D eigenvalue weighted by Crippen LogP contribution is 2.31. The minimum absolute atomic E-state index is 0.0216. The molecule has 5 nitrogen and oxygen atoms in total. The molecule has 0 radical (unpaired) electrons. The molecule has 0 spiro atoms. The number of halogens is 2. The third-order valence-corrected chi connectivity index (χ3v) is 5.10. The standard InChI is InChI=1S/C19H14Cl2N4O/c1-11-14(9-13-3-2-4-15(20)18(13)21)19-23-16(10-17(26)25(19)24-11)12-5-7-22-8-6-12/h2-8,10,26H,9H2,1H3. The molecule has 0 fully saturated rings. The molecule has 4 rings (SSSR count). The minimum Gasteiger partial charge on any atom is -0.493 e. The number of fused-ring (bicyclic) bond motifs is 1. The number of nitrogens with zero attached hydrogens (tertiary/aromatic N) is 4. The molecule has 1 aromatic carbocycles. The van der Waals surface area contributed by atoms with E-state index in [4.69, 9.17) is 28.2 Å². The first-order valence-electron chi connectivity index (χ1n) is 7.96. The Balaban J connectivity index is 1.88. The number of benzene rings is 1. The van der Waals surface area contributed by atoms with E-state index in [1.54, 1.807) is 24.5 Å². The number of aromatic nitrogens is 4. The molecule has 3 aromatic heterocycles. The Bertz CT molecular complexity index is 1110. The van der Waals surface area contributed by atoms with Crippen molar-refractivity contribution < 1.29 is 5.11 Å². The monoisotopic (exact) mass is 384 g/mol. The van der Waals surface area contributed by atoms with Crippen molar-refractivity contribution in [3.05, 3.63) is 75.7 Å². The molecule has 0 atom stereocenters. The van der Waals surface area contributed by atoms with Gasteiger partial charge in [-0.15, -0.1) is 0 Å². The van der Waals surface area contributed by atoms with Gasteiger partial charge in [0.2, 0.25) is 5.88 Å². The zero-order chi connectivity index (χ0) is 18.3. The molecule has 0 aliphatic heterocycles. The SMILES string of the molecule is Cc1nn2c(O)cc(-c3ccncc3)nc2c1Cc1cccc(Cl)c1Cl. The van der Waals surface area contributed by atoms with E-state index in [0.717, 1.165) is 22.4 Å². The Morgan fingerprint density at radius 3 is 2.65 bits per heavy atom. The first-order valence-corrected chi connectivity index (χ1v) is 8.71. The van der Waals surface area contributed by atoms with E-state index in [0.29, 0.717) is 27.8 Å². The Labute approximate surface area is 159 Å². The largest absolute Gasteiger partial charge is 0.493 e. The lowest BCUT2D eigenvalue weighted by Gasteiger charge is -2.07. The number of aryl methyl sites for hydroxylation is 1. The number of aromatic hydroxyl groups is 1. The van der Waals surface area contributed by atoms with Crippen LogP contribution in [0.3, 0.4) is 0 Å². The van der Waals surface area contributed by atoms with Gasteiger partial charge in [0.1, 0.15) is 0 Å². The topological polar surface area (TPSA) is 63.3 Å². The first-order chi connectivity index (χ1) is 12.5. The van der Waals surface area contributed by atoms with Gasteiger partial charge in [0.05, 0.1) is 21.4 Å². The number of hydrogen-bond acceptors (Lipinski definition) is 4. The van der Waals surface area contributed by atoms with Crippen LogP contribution in [0.1, 0.15) is 16.8 Å². The van der Waals surface area contributed by atoms with Gasteiger partial charge in [0, 0.05) is 36.0 Å². The fourth-order valence-electron chi connectivity index (χ4n) is 2.90. The fraction of sp³-hybridized carbons (Fsp3) is 0.105. The van der Waals surface area contributed by atoms with Crippen molar-refractivity contribution in [3.63, 3.8) is 0 Å². The zero-order valence-electron chi connectivity index (χ0n) is 13.8. The van der Waals surface area contributed by atoms with E-state index in [-0.39, 0.29) is 5.88 Å². The van der Waals surface area contributed by atoms with E-state index >= 15 is 0 Å². The van der Waals surface area contributed by atoms with Crippen LogP contribution < -0.4 is 0 Å². The first kappa shape index (κ1) is 16.8. The maximum Gasteiger partial charge on any atom is 0.216 e. The van der Waals surface area contributed by atoms with Gasteiger partial charge in [-0.25, -0.2) is 4.98 Å². The second kappa shape index (κ2) is 6.59. The molecule has 0 unspecified atom stereocenters. The van der Waals surface area contributed by atoms with Crippen molar-refractivity contribution in [2.24, 2.45) is 0 Å². The average Bonchev–Trinajstić information content (AvgIpc) is 2.96. The molecule has 1 N–H and O–H groups in total. The molecule has 4 aromatic rings. The molecule has 7 heteroatoms. The highest BCUT2D eigenvalue weighted by molar-refractivity contribution is 6.42. The third-order valence-electron chi connectivity index (χ3n) is 4.24. The van der Waals surface area contributed by atoms with Crippen LogP contribution >= 0.6 is 23.2 Å². The summed E-state index contributed by atoms with van der Waals surface area (Å²) in [6.45, 7) is 1.88. The van der Waals surface area contributed by atoms with Crippen molar-refractivity contribution in [1.29, 1.82) is 0 Å². The Kier molecular flexibility index (Phi) is 4.26. The number of pyridine rings is 1. The summed E-state index contributed by atoms with van der Waals surface area (Å²) in [6.07, 6.45) is 3.89. The molecule has 3 heterocycles. The maximum atomic E-state index is 10.4. The molecule has 0 aliphatic carbocycles. The Hall–Kier alpha value is -2.63. The van der Waals surface area contributed by atoms with Gasteiger partial charge < -0.3 is 5.11 Å². The molecule has 130 valence electrons. The van der Waals surface area contributed by atoms with E-state index in [1.165, 1.54) is 4.52 Å². The van der Waals surface area contributed by atoms with Crippen LogP contribution in [0.4, 0.5) is 0 Å². The number of rotatable bonds is 3. The summed E-state index contributed by atoms with van der Waals surface area (Å²) in [5.41, 5.74) is 4.65. The summed E-state index contributed by atoms with van der Waals surface area (Å²) in [5, 5.41) is 15.8. The molecule has 26 heavy (non-hydrogen) atoms. The van der Waals surface area contributed by atoms with E-state index in [2.05, 4.69) is 10.1 Å². The van der Waals surface area contributed by atoms with Crippen molar-refractivity contribution in [3.8, 4) is 17.1 Å². The van der Waals surface area contributed by atoms with E-state index in [1.807, 2.05) is 31.2 Å². The normalized spacial score (nSPS) is 11.2. The lowest BCUT2D eigenvalue weighted by molar-refractivity contribution is 0.435. The van der Waals surface area contributed by atoms with Crippen molar-refractivity contribution >= 4 is 28.8 Å². The van der Waals surface area contributed by atoms with Crippen molar-refractivity contribution in [1.82, 2.24) is 19.6 Å². The van der Waals surface area contributed by atoms with Crippen LogP contribution in [-0.4, -0.2) is 24.7 Å². The highest BCUT2D eigenvalue weighted by atomic mass is 35.5. The van der Waals surface area contributed by atoms with Crippen molar-refractivity contribution in [2.75, 3.05) is 0 Å². The summed E-state index contributed by atoms with van der Waals surface area (Å²) in [7, 11) is 0. The lowest BCUT2D eigenvalue weighted by Crippen LogP contribution is -1.96. The smallest absolute Gasteiger partial charge is 0.216 e. The summed E-state index contributed by atoms with van der Waals surface area (Å²) < 4.78 is 1.44. The van der Waals surface area contributed by atoms with Gasteiger partial charge in [0.25, 0.3) is 0 Å². The van der Waals surface area contributed by atoms with Crippen molar-refractivity contribution in [2.45, 2.75) is 13.3 Å². The predicted molar refractivity (Wildman–Crippen MR) is 102 cm³/mol. The highest BCUT2D eigenvalue weighted by Gasteiger charge is 2.17. The van der Waals surface area contributed by atoms with Crippen LogP contribution in [0.2, 0.25) is 10.0 Å². The van der Waals surface area contributed by atoms with Crippen LogP contribution in [-0.2, 0) is 6.42 Å². The van der Waals surface area contributed by atoms with Gasteiger partial charge in [-0.1, -0.05) is 35.3 Å². The zero-order valence-corrected chi connectivity index (χ0v) is 15.3. The molecular weight excluding hydrogens is 371 g/mol. The van der Waals surface area contributed by atoms with E-state index < -0.39 is 0 Å². The number of hydrogen-bond donors (Lipinski definition) is 1. The van der Waals surface area contributed by atoms with Crippen LogP contribution in [0, 0.1) is 6.92 Å². The summed E-state index contributed by atoms with van der Waals surface area (Å²) >= 11 is 12.5. The molecule has 0 saturated heterocycles. The Morgan fingerprint density at radius 1 is 1.12 bits per heavy atom. The van der Waals surface area contributed by atoms with Crippen LogP contribution in [0.15, 0.2) is 48.8 Å². The van der Waals surface area contributed by atoms with Gasteiger partial charge in [0.15, 0.2) is 5.65 Å². The maximum absolute atomic E-state index is 10.4. The second-order valence-corrected chi connectivity index (χ2v) is 6.71. The molecule has 0 saturated carbocycles. The molecule has 0 bridgehead atoms. The fourth-order valence-corrected chi connectivity index (χ4v) is 3.29. The Morgan fingerprint density at radius 2 is 1.88 bits per heavy atom. The van der Waals surface area contributed by atoms with Gasteiger partial charge in [-0.3, -0.25) is 4.98 Å². The predicted octanol–water partition coefficient (Wildman–Crippen LogP) is 4.70. The molecule has 0 aliphatic rings. The molecule has 0 amide bonds. The quantitative estimate of drug-likeness (QED) is 0.555. The van der Waals surface area contributed by atoms with Gasteiger partial charge in [-0.05, 0) is 30.7 Å². The van der Waals surface area contributed by atoms with Gasteiger partial charge >= 0.3 is 0 Å². The average molecular weight is 385 g/mol. The van der Waals surface area contributed by atoms with Crippen LogP contribution in [0.5, 0.6) is 5.88 Å². The summed E-state index contributed by atoms with van der Waals surface area (Å²) in [6, 6.07) is 10.8. The third kappa shape index (κ3) is 2.89. The summed E-state index contributed by atoms with van der Waals surface area (Å²) in [4.78, 5) is 8.73. The minimum atomic E-state index is 0.0216. The summed E-state index contributed by atoms with van der Waals surface area (Å²) in [5.74, 6) is 0.0216. The second-order valence-electron chi connectivity index (χ2n) is 5.92. The molecular formula is C19H14Cl2N4O. The van der Waals surface area contributed by atoms with Gasteiger partial charge in [-0.2, -0.15) is 9.61 Å². The lowest BCUT2D eigenvalue weighted by atomic mass is 10.1.